The number of hydrogen-bond donors (Lipinski definition) is 1. The van der Waals surface area contributed by atoms with Gasteiger partial charge in [-0.25, -0.2) is 0 Å². The van der Waals surface area contributed by atoms with Crippen LogP contribution < -0.4 is 5.32 Å². The smallest absolute Gasteiger partial charge is 0.000816 e. The van der Waals surface area contributed by atoms with Crippen molar-refractivity contribution in [2.75, 3.05) is 13.1 Å². The van der Waals surface area contributed by atoms with Crippen molar-refractivity contribution in [3.8, 4) is 0 Å². The minimum atomic E-state index is 0. The number of rotatable bonds is 2. The number of hydrogen-bond acceptors (Lipinski definition) is 1. The second-order valence-electron chi connectivity index (χ2n) is 3.15. The summed E-state index contributed by atoms with van der Waals surface area (Å²) >= 11 is 0. The first-order valence-corrected chi connectivity index (χ1v) is 3.49. The molecule has 0 atom stereocenters. The van der Waals surface area contributed by atoms with Crippen LogP contribution in [0.15, 0.2) is 0 Å². The number of halogens is 1. The van der Waals surface area contributed by atoms with Gasteiger partial charge in [-0.3, -0.25) is 0 Å². The first-order valence-electron chi connectivity index (χ1n) is 3.49. The molecule has 1 saturated heterocycles. The van der Waals surface area contributed by atoms with E-state index in [4.69, 9.17) is 0 Å². The molecular formula is C7H16ClN. The van der Waals surface area contributed by atoms with Crippen LogP contribution in [0.25, 0.3) is 0 Å². The van der Waals surface area contributed by atoms with Crippen LogP contribution in [-0.2, 0) is 0 Å². The van der Waals surface area contributed by atoms with Crippen LogP contribution in [0, 0.1) is 11.8 Å². The van der Waals surface area contributed by atoms with E-state index in [1.807, 2.05) is 0 Å². The molecule has 1 fully saturated rings. The normalized spacial score (nSPS) is 19.0. The molecule has 2 heteroatoms. The maximum atomic E-state index is 3.27. The Morgan fingerprint density at radius 2 is 2.00 bits per heavy atom. The van der Waals surface area contributed by atoms with Gasteiger partial charge < -0.3 is 5.32 Å². The van der Waals surface area contributed by atoms with Gasteiger partial charge in [-0.05, 0) is 31.3 Å². The first kappa shape index (κ1) is 9.25. The molecule has 56 valence electrons. The van der Waals surface area contributed by atoms with Crippen molar-refractivity contribution in [3.63, 3.8) is 0 Å². The third kappa shape index (κ3) is 3.07. The zero-order chi connectivity index (χ0) is 5.98. The molecule has 1 nitrogen and oxygen atoms in total. The summed E-state index contributed by atoms with van der Waals surface area (Å²) < 4.78 is 0. The van der Waals surface area contributed by atoms with Gasteiger partial charge in [-0.1, -0.05) is 13.8 Å². The van der Waals surface area contributed by atoms with Gasteiger partial charge >= 0.3 is 0 Å². The summed E-state index contributed by atoms with van der Waals surface area (Å²) in [4.78, 5) is 0. The lowest BCUT2D eigenvalue weighted by Gasteiger charge is -2.28. The summed E-state index contributed by atoms with van der Waals surface area (Å²) in [7, 11) is 0. The predicted molar refractivity (Wildman–Crippen MR) is 43.1 cm³/mol. The fraction of sp³-hybridized carbons (Fsp3) is 1.00. The molecule has 1 rings (SSSR count). The molecular weight excluding hydrogens is 134 g/mol. The van der Waals surface area contributed by atoms with Crippen molar-refractivity contribution in [3.05, 3.63) is 0 Å². The van der Waals surface area contributed by atoms with Gasteiger partial charge in [-0.2, -0.15) is 0 Å². The van der Waals surface area contributed by atoms with Crippen LogP contribution in [0.5, 0.6) is 0 Å². The van der Waals surface area contributed by atoms with Crippen molar-refractivity contribution in [2.45, 2.75) is 20.3 Å². The molecule has 0 bridgehead atoms. The van der Waals surface area contributed by atoms with E-state index in [1.54, 1.807) is 0 Å². The summed E-state index contributed by atoms with van der Waals surface area (Å²) in [5, 5.41) is 3.27. The van der Waals surface area contributed by atoms with Gasteiger partial charge in [0.05, 0.1) is 0 Å². The predicted octanol–water partition coefficient (Wildman–Crippen LogP) is 1.67. The molecule has 0 aromatic carbocycles. The molecule has 1 aliphatic rings. The summed E-state index contributed by atoms with van der Waals surface area (Å²) in [5.74, 6) is 1.89. The van der Waals surface area contributed by atoms with Crippen LogP contribution in [0.4, 0.5) is 0 Å². The lowest BCUT2D eigenvalue weighted by molar-refractivity contribution is 0.292. The Bertz CT molecular complexity index is 69.3. The molecule has 0 radical (unpaired) electrons. The second-order valence-corrected chi connectivity index (χ2v) is 3.15. The Morgan fingerprint density at radius 1 is 1.44 bits per heavy atom. The average molecular weight is 150 g/mol. The molecule has 0 unspecified atom stereocenters. The fourth-order valence-corrected chi connectivity index (χ4v) is 1.18. The quantitative estimate of drug-likeness (QED) is 0.630. The molecule has 0 aromatic rings. The lowest BCUT2D eigenvalue weighted by Crippen LogP contribution is -2.42. The van der Waals surface area contributed by atoms with E-state index in [9.17, 15) is 0 Å². The molecule has 1 heterocycles. The third-order valence-electron chi connectivity index (χ3n) is 1.67. The van der Waals surface area contributed by atoms with Crippen molar-refractivity contribution >= 4 is 12.4 Å². The van der Waals surface area contributed by atoms with Crippen LogP contribution >= 0.6 is 12.4 Å². The zero-order valence-electron chi connectivity index (χ0n) is 6.18. The number of nitrogens with one attached hydrogen (secondary N) is 1. The Labute approximate surface area is 63.6 Å². The van der Waals surface area contributed by atoms with E-state index in [1.165, 1.54) is 19.5 Å². The topological polar surface area (TPSA) is 12.0 Å². The van der Waals surface area contributed by atoms with Crippen LogP contribution in [-0.4, -0.2) is 13.1 Å². The van der Waals surface area contributed by atoms with Crippen molar-refractivity contribution in [1.82, 2.24) is 5.32 Å². The Kier molecular flexibility index (Phi) is 4.24. The Balaban J connectivity index is 0.000000640. The summed E-state index contributed by atoms with van der Waals surface area (Å²) in [5.41, 5.74) is 0. The van der Waals surface area contributed by atoms with Gasteiger partial charge in [-0.15, -0.1) is 12.4 Å². The summed E-state index contributed by atoms with van der Waals surface area (Å²) in [6.07, 6.45) is 1.41. The molecule has 0 saturated carbocycles. The van der Waals surface area contributed by atoms with E-state index in [2.05, 4.69) is 19.2 Å². The highest BCUT2D eigenvalue weighted by atomic mass is 35.5. The van der Waals surface area contributed by atoms with Crippen molar-refractivity contribution in [2.24, 2.45) is 11.8 Å². The lowest BCUT2D eigenvalue weighted by atomic mass is 9.93. The standard InChI is InChI=1S/C7H15N.ClH/c1-6(2)3-7-4-8-5-7;/h6-8H,3-5H2,1-2H3;1H. The van der Waals surface area contributed by atoms with Gasteiger partial charge in [0.1, 0.15) is 0 Å². The van der Waals surface area contributed by atoms with Gasteiger partial charge in [0, 0.05) is 0 Å². The van der Waals surface area contributed by atoms with Gasteiger partial charge in [0.15, 0.2) is 0 Å². The monoisotopic (exact) mass is 149 g/mol. The molecule has 0 spiro atoms. The molecule has 9 heavy (non-hydrogen) atoms. The van der Waals surface area contributed by atoms with E-state index in [-0.39, 0.29) is 12.4 Å². The molecule has 0 aliphatic carbocycles. The van der Waals surface area contributed by atoms with Gasteiger partial charge in [0.2, 0.25) is 0 Å². The Hall–Kier alpha value is 0.250. The third-order valence-corrected chi connectivity index (χ3v) is 1.67. The largest absolute Gasteiger partial charge is 0.316 e. The maximum Gasteiger partial charge on any atom is -0.000816 e. The average Bonchev–Trinajstić information content (AvgIpc) is 1.55. The fourth-order valence-electron chi connectivity index (χ4n) is 1.18. The van der Waals surface area contributed by atoms with E-state index < -0.39 is 0 Å². The van der Waals surface area contributed by atoms with Gasteiger partial charge in [0.25, 0.3) is 0 Å². The highest BCUT2D eigenvalue weighted by Gasteiger charge is 2.16. The maximum absolute atomic E-state index is 3.27. The molecule has 1 N–H and O–H groups in total. The van der Waals surface area contributed by atoms with E-state index in [0.717, 1.165) is 11.8 Å². The van der Waals surface area contributed by atoms with Crippen molar-refractivity contribution < 1.29 is 0 Å². The minimum absolute atomic E-state index is 0. The zero-order valence-corrected chi connectivity index (χ0v) is 7.00. The van der Waals surface area contributed by atoms with Crippen molar-refractivity contribution in [1.29, 1.82) is 0 Å². The van der Waals surface area contributed by atoms with Crippen LogP contribution in [0.2, 0.25) is 0 Å². The molecule has 0 aromatic heterocycles. The Morgan fingerprint density at radius 3 is 2.11 bits per heavy atom. The van der Waals surface area contributed by atoms with Crippen LogP contribution in [0.3, 0.4) is 0 Å². The molecule has 1 aliphatic heterocycles. The highest BCUT2D eigenvalue weighted by molar-refractivity contribution is 5.85. The molecule has 0 amide bonds. The minimum Gasteiger partial charge on any atom is -0.316 e. The second kappa shape index (κ2) is 4.13. The van der Waals surface area contributed by atoms with E-state index >= 15 is 0 Å². The van der Waals surface area contributed by atoms with Crippen LogP contribution in [0.1, 0.15) is 20.3 Å². The van der Waals surface area contributed by atoms with E-state index in [0.29, 0.717) is 0 Å². The first-order chi connectivity index (χ1) is 3.79. The summed E-state index contributed by atoms with van der Waals surface area (Å²) in [6, 6.07) is 0. The SMILES string of the molecule is CC(C)CC1CNC1.Cl. The highest BCUT2D eigenvalue weighted by Crippen LogP contribution is 2.14. The summed E-state index contributed by atoms with van der Waals surface area (Å²) in [6.45, 7) is 7.10.